The van der Waals surface area contributed by atoms with Crippen molar-refractivity contribution in [2.45, 2.75) is 32.7 Å². The second kappa shape index (κ2) is 5.74. The molecule has 1 fully saturated rings. The van der Waals surface area contributed by atoms with Crippen molar-refractivity contribution in [3.63, 3.8) is 0 Å². The average molecular weight is 253 g/mol. The quantitative estimate of drug-likeness (QED) is 0.874. The van der Waals surface area contributed by atoms with E-state index in [1.807, 2.05) is 6.07 Å². The summed E-state index contributed by atoms with van der Waals surface area (Å²) in [5.74, 6) is 0.835. The number of hydrogen-bond acceptors (Lipinski definition) is 2. The van der Waals surface area contributed by atoms with E-state index in [1.165, 1.54) is 19.3 Å². The van der Waals surface area contributed by atoms with E-state index in [1.54, 1.807) is 0 Å². The van der Waals surface area contributed by atoms with E-state index in [2.05, 4.69) is 24.0 Å². The van der Waals surface area contributed by atoms with Crippen molar-refractivity contribution in [3.8, 4) is 0 Å². The lowest BCUT2D eigenvalue weighted by Gasteiger charge is -2.24. The Morgan fingerprint density at radius 1 is 1.35 bits per heavy atom. The molecule has 1 aliphatic heterocycles. The van der Waals surface area contributed by atoms with Crippen LogP contribution in [0.4, 0.5) is 5.69 Å². The topological polar surface area (TPSA) is 29.3 Å². The number of anilines is 1. The van der Waals surface area contributed by atoms with Gasteiger partial charge >= 0.3 is 0 Å². The van der Waals surface area contributed by atoms with E-state index in [4.69, 9.17) is 17.3 Å². The van der Waals surface area contributed by atoms with Crippen molar-refractivity contribution in [2.24, 2.45) is 11.7 Å². The lowest BCUT2D eigenvalue weighted by Crippen LogP contribution is -2.24. The van der Waals surface area contributed by atoms with Gasteiger partial charge in [0.05, 0.1) is 10.7 Å². The fourth-order valence-electron chi connectivity index (χ4n) is 2.44. The van der Waals surface area contributed by atoms with Gasteiger partial charge in [0.1, 0.15) is 0 Å². The van der Waals surface area contributed by atoms with Crippen molar-refractivity contribution < 1.29 is 0 Å². The summed E-state index contributed by atoms with van der Waals surface area (Å²) in [4.78, 5) is 2.41. The molecule has 0 bridgehead atoms. The van der Waals surface area contributed by atoms with Crippen molar-refractivity contribution >= 4 is 17.3 Å². The maximum atomic E-state index is 6.33. The molecule has 94 valence electrons. The van der Waals surface area contributed by atoms with Gasteiger partial charge in [0.15, 0.2) is 0 Å². The first kappa shape index (κ1) is 12.7. The standard InChI is InChI=1S/C14H21ClN2/c1-11-3-2-7-17(8-6-11)14-5-4-12(10-16)9-13(14)15/h4-5,9,11H,2-3,6-8,10,16H2,1H3. The van der Waals surface area contributed by atoms with Gasteiger partial charge in [-0.25, -0.2) is 0 Å². The molecule has 1 unspecified atom stereocenters. The Balaban J connectivity index is 2.15. The molecule has 0 spiro atoms. The van der Waals surface area contributed by atoms with Crippen LogP contribution in [0.1, 0.15) is 31.7 Å². The number of rotatable bonds is 2. The van der Waals surface area contributed by atoms with Crippen LogP contribution < -0.4 is 10.6 Å². The first-order chi connectivity index (χ1) is 8.20. The third-order valence-electron chi connectivity index (χ3n) is 3.61. The highest BCUT2D eigenvalue weighted by atomic mass is 35.5. The summed E-state index contributed by atoms with van der Waals surface area (Å²) in [7, 11) is 0. The van der Waals surface area contributed by atoms with Crippen LogP contribution in [0, 0.1) is 5.92 Å². The maximum absolute atomic E-state index is 6.33. The molecule has 0 saturated carbocycles. The fraction of sp³-hybridized carbons (Fsp3) is 0.571. The number of nitrogens with zero attached hydrogens (tertiary/aromatic N) is 1. The summed E-state index contributed by atoms with van der Waals surface area (Å²) in [5.41, 5.74) is 7.88. The van der Waals surface area contributed by atoms with E-state index >= 15 is 0 Å². The van der Waals surface area contributed by atoms with Gasteiger partial charge in [-0.3, -0.25) is 0 Å². The molecule has 0 aromatic heterocycles. The van der Waals surface area contributed by atoms with Crippen molar-refractivity contribution in [1.29, 1.82) is 0 Å². The van der Waals surface area contributed by atoms with Crippen molar-refractivity contribution in [1.82, 2.24) is 0 Å². The smallest absolute Gasteiger partial charge is 0.0642 e. The van der Waals surface area contributed by atoms with Crippen LogP contribution >= 0.6 is 11.6 Å². The predicted octanol–water partition coefficient (Wildman–Crippen LogP) is 3.43. The van der Waals surface area contributed by atoms with Gasteiger partial charge < -0.3 is 10.6 Å². The molecular formula is C14H21ClN2. The number of nitrogens with two attached hydrogens (primary N) is 1. The summed E-state index contributed by atoms with van der Waals surface area (Å²) >= 11 is 6.33. The molecule has 0 amide bonds. The largest absolute Gasteiger partial charge is 0.370 e. The zero-order chi connectivity index (χ0) is 12.3. The highest BCUT2D eigenvalue weighted by Gasteiger charge is 2.16. The molecule has 3 heteroatoms. The zero-order valence-electron chi connectivity index (χ0n) is 10.5. The summed E-state index contributed by atoms with van der Waals surface area (Å²) in [5, 5.41) is 0.836. The minimum absolute atomic E-state index is 0.553. The summed E-state index contributed by atoms with van der Waals surface area (Å²) in [6.45, 7) is 5.12. The molecule has 0 aliphatic carbocycles. The minimum atomic E-state index is 0.553. The summed E-state index contributed by atoms with van der Waals surface area (Å²) in [6.07, 6.45) is 3.85. The molecule has 1 atom stereocenters. The molecule has 1 aromatic carbocycles. The average Bonchev–Trinajstić information content (AvgIpc) is 2.54. The molecule has 17 heavy (non-hydrogen) atoms. The number of benzene rings is 1. The highest BCUT2D eigenvalue weighted by molar-refractivity contribution is 6.33. The van der Waals surface area contributed by atoms with Crippen LogP contribution in [-0.4, -0.2) is 13.1 Å². The molecule has 1 heterocycles. The van der Waals surface area contributed by atoms with Crippen molar-refractivity contribution in [2.75, 3.05) is 18.0 Å². The molecule has 0 radical (unpaired) electrons. The highest BCUT2D eigenvalue weighted by Crippen LogP contribution is 2.29. The fourth-order valence-corrected chi connectivity index (χ4v) is 2.76. The number of hydrogen-bond donors (Lipinski definition) is 1. The summed E-state index contributed by atoms with van der Waals surface area (Å²) in [6, 6.07) is 6.18. The Kier molecular flexibility index (Phi) is 4.30. The Morgan fingerprint density at radius 3 is 2.88 bits per heavy atom. The van der Waals surface area contributed by atoms with E-state index in [-0.39, 0.29) is 0 Å². The third kappa shape index (κ3) is 3.14. The van der Waals surface area contributed by atoms with Gasteiger partial charge in [-0.2, -0.15) is 0 Å². The van der Waals surface area contributed by atoms with E-state index in [0.29, 0.717) is 6.54 Å². The van der Waals surface area contributed by atoms with E-state index in [9.17, 15) is 0 Å². The van der Waals surface area contributed by atoms with Crippen molar-refractivity contribution in [3.05, 3.63) is 28.8 Å². The number of halogens is 1. The van der Waals surface area contributed by atoms with Crippen LogP contribution in [0.15, 0.2) is 18.2 Å². The van der Waals surface area contributed by atoms with Crippen LogP contribution in [0.25, 0.3) is 0 Å². The van der Waals surface area contributed by atoms with Gasteiger partial charge in [-0.15, -0.1) is 0 Å². The van der Waals surface area contributed by atoms with Gasteiger partial charge in [-0.1, -0.05) is 24.6 Å². The second-order valence-corrected chi connectivity index (χ2v) is 5.42. The lowest BCUT2D eigenvalue weighted by molar-refractivity contribution is 0.521. The Morgan fingerprint density at radius 2 is 2.18 bits per heavy atom. The van der Waals surface area contributed by atoms with E-state index in [0.717, 1.165) is 35.3 Å². The van der Waals surface area contributed by atoms with Crippen LogP contribution in [0.2, 0.25) is 5.02 Å². The Bertz CT molecular complexity index is 378. The monoisotopic (exact) mass is 252 g/mol. The van der Waals surface area contributed by atoms with Gasteiger partial charge in [-0.05, 0) is 42.9 Å². The maximum Gasteiger partial charge on any atom is 0.0642 e. The van der Waals surface area contributed by atoms with E-state index < -0.39 is 0 Å². The summed E-state index contributed by atoms with van der Waals surface area (Å²) < 4.78 is 0. The molecule has 2 nitrogen and oxygen atoms in total. The molecule has 2 rings (SSSR count). The molecule has 1 aliphatic rings. The molecular weight excluding hydrogens is 232 g/mol. The lowest BCUT2D eigenvalue weighted by atomic mass is 10.0. The predicted molar refractivity (Wildman–Crippen MR) is 74.6 cm³/mol. The molecule has 2 N–H and O–H groups in total. The van der Waals surface area contributed by atoms with Gasteiger partial charge in [0, 0.05) is 19.6 Å². The van der Waals surface area contributed by atoms with Gasteiger partial charge in [0.25, 0.3) is 0 Å². The molecule has 1 aromatic rings. The second-order valence-electron chi connectivity index (χ2n) is 5.01. The van der Waals surface area contributed by atoms with Crippen LogP contribution in [0.3, 0.4) is 0 Å². The van der Waals surface area contributed by atoms with Crippen LogP contribution in [-0.2, 0) is 6.54 Å². The zero-order valence-corrected chi connectivity index (χ0v) is 11.2. The van der Waals surface area contributed by atoms with Crippen LogP contribution in [0.5, 0.6) is 0 Å². The Hall–Kier alpha value is -0.730. The normalized spacial score (nSPS) is 21.4. The van der Waals surface area contributed by atoms with Gasteiger partial charge in [0.2, 0.25) is 0 Å². The molecule has 1 saturated heterocycles. The first-order valence-corrected chi connectivity index (χ1v) is 6.82. The third-order valence-corrected chi connectivity index (χ3v) is 3.91. The Labute approximate surface area is 109 Å². The minimum Gasteiger partial charge on any atom is -0.370 e. The SMILES string of the molecule is CC1CCCN(c2ccc(CN)cc2Cl)CC1. The first-order valence-electron chi connectivity index (χ1n) is 6.44.